The van der Waals surface area contributed by atoms with Crippen LogP contribution >= 0.6 is 0 Å². The molecule has 0 bridgehead atoms. The zero-order valence-electron chi connectivity index (χ0n) is 7.58. The van der Waals surface area contributed by atoms with E-state index in [1.807, 2.05) is 0 Å². The van der Waals surface area contributed by atoms with Gasteiger partial charge in [-0.25, -0.2) is 0 Å². The minimum Gasteiger partial charge on any atom is -0.481 e. The topological polar surface area (TPSA) is 40.5 Å². The Morgan fingerprint density at radius 1 is 1.58 bits per heavy atom. The molecule has 68 valence electrons. The van der Waals surface area contributed by atoms with Crippen molar-refractivity contribution in [3.63, 3.8) is 0 Å². The third kappa shape index (κ3) is 2.34. The van der Waals surface area contributed by atoms with Crippen LogP contribution in [0.15, 0.2) is 11.6 Å². The van der Waals surface area contributed by atoms with Crippen molar-refractivity contribution in [3.8, 4) is 0 Å². The molecule has 0 aliphatic carbocycles. The van der Waals surface area contributed by atoms with E-state index < -0.39 is 5.97 Å². The Bertz CT molecular complexity index is 201. The molecule has 1 aliphatic heterocycles. The van der Waals surface area contributed by atoms with Crippen molar-refractivity contribution in [2.45, 2.75) is 13.8 Å². The van der Waals surface area contributed by atoms with Crippen LogP contribution in [0, 0.1) is 5.92 Å². The highest BCUT2D eigenvalue weighted by Gasteiger charge is 2.31. The van der Waals surface area contributed by atoms with Gasteiger partial charge in [0.15, 0.2) is 0 Å². The number of aliphatic carboxylic acids is 1. The number of carboxylic acid groups (broad SMARTS) is 1. The van der Waals surface area contributed by atoms with Gasteiger partial charge >= 0.3 is 5.97 Å². The predicted molar refractivity (Wildman–Crippen MR) is 47.0 cm³/mol. The van der Waals surface area contributed by atoms with E-state index in [0.717, 1.165) is 6.54 Å². The van der Waals surface area contributed by atoms with Crippen molar-refractivity contribution in [1.82, 2.24) is 4.90 Å². The van der Waals surface area contributed by atoms with Crippen molar-refractivity contribution in [2.75, 3.05) is 19.6 Å². The summed E-state index contributed by atoms with van der Waals surface area (Å²) in [6, 6.07) is 0. The third-order valence-corrected chi connectivity index (χ3v) is 2.06. The van der Waals surface area contributed by atoms with Crippen LogP contribution in [0.25, 0.3) is 0 Å². The van der Waals surface area contributed by atoms with E-state index in [-0.39, 0.29) is 5.92 Å². The summed E-state index contributed by atoms with van der Waals surface area (Å²) in [5, 5.41) is 8.59. The van der Waals surface area contributed by atoms with Gasteiger partial charge in [0.05, 0.1) is 5.92 Å². The molecule has 1 N–H and O–H groups in total. The molecule has 3 nitrogen and oxygen atoms in total. The molecule has 0 aromatic heterocycles. The molecule has 0 saturated carbocycles. The second-order valence-corrected chi connectivity index (χ2v) is 3.54. The van der Waals surface area contributed by atoms with Gasteiger partial charge in [-0.1, -0.05) is 11.6 Å². The van der Waals surface area contributed by atoms with Gasteiger partial charge in [-0.3, -0.25) is 9.69 Å². The number of carboxylic acids is 1. The maximum atomic E-state index is 10.4. The van der Waals surface area contributed by atoms with Gasteiger partial charge in [0, 0.05) is 19.6 Å². The molecule has 1 rings (SSSR count). The molecule has 0 spiro atoms. The van der Waals surface area contributed by atoms with E-state index in [1.54, 1.807) is 0 Å². The van der Waals surface area contributed by atoms with Gasteiger partial charge in [0.25, 0.3) is 0 Å². The minimum atomic E-state index is -0.663. The lowest BCUT2D eigenvalue weighted by atomic mass is 10.0. The maximum absolute atomic E-state index is 10.4. The second-order valence-electron chi connectivity index (χ2n) is 3.54. The summed E-state index contributed by atoms with van der Waals surface area (Å²) in [4.78, 5) is 12.6. The van der Waals surface area contributed by atoms with Crippen LogP contribution in [0.3, 0.4) is 0 Å². The van der Waals surface area contributed by atoms with Gasteiger partial charge in [-0.05, 0) is 13.8 Å². The molecule has 0 atom stereocenters. The lowest BCUT2D eigenvalue weighted by Crippen LogP contribution is -2.50. The van der Waals surface area contributed by atoms with Crippen LogP contribution in [-0.4, -0.2) is 35.6 Å². The molecule has 0 aromatic rings. The molecule has 0 amide bonds. The molecular formula is C9H15NO2. The quantitative estimate of drug-likeness (QED) is 0.640. The van der Waals surface area contributed by atoms with E-state index in [4.69, 9.17) is 5.11 Å². The lowest BCUT2D eigenvalue weighted by Gasteiger charge is -2.35. The van der Waals surface area contributed by atoms with Crippen molar-refractivity contribution in [2.24, 2.45) is 5.92 Å². The summed E-state index contributed by atoms with van der Waals surface area (Å²) in [6.45, 7) is 6.41. The second kappa shape index (κ2) is 3.72. The van der Waals surface area contributed by atoms with Crippen molar-refractivity contribution in [1.29, 1.82) is 0 Å². The number of carbonyl (C=O) groups is 1. The first kappa shape index (κ1) is 9.26. The number of hydrogen-bond acceptors (Lipinski definition) is 2. The van der Waals surface area contributed by atoms with Crippen LogP contribution in [0.5, 0.6) is 0 Å². The SMILES string of the molecule is CC(C)=CCN1CC(C(=O)O)C1. The summed E-state index contributed by atoms with van der Waals surface area (Å²) in [7, 11) is 0. The predicted octanol–water partition coefficient (Wildman–Crippen LogP) is 0.969. The first-order valence-corrected chi connectivity index (χ1v) is 4.18. The third-order valence-electron chi connectivity index (χ3n) is 2.06. The molecule has 12 heavy (non-hydrogen) atoms. The molecule has 0 unspecified atom stereocenters. The number of likely N-dealkylation sites (tertiary alicyclic amines) is 1. The largest absolute Gasteiger partial charge is 0.481 e. The van der Waals surface area contributed by atoms with Gasteiger partial charge in [0.2, 0.25) is 0 Å². The van der Waals surface area contributed by atoms with E-state index >= 15 is 0 Å². The van der Waals surface area contributed by atoms with Gasteiger partial charge in [0.1, 0.15) is 0 Å². The number of rotatable bonds is 3. The number of nitrogens with zero attached hydrogens (tertiary/aromatic N) is 1. The van der Waals surface area contributed by atoms with Gasteiger partial charge < -0.3 is 5.11 Å². The van der Waals surface area contributed by atoms with Crippen molar-refractivity contribution >= 4 is 5.97 Å². The fourth-order valence-corrected chi connectivity index (χ4v) is 1.19. The van der Waals surface area contributed by atoms with E-state index in [0.29, 0.717) is 13.1 Å². The van der Waals surface area contributed by atoms with Crippen LogP contribution in [-0.2, 0) is 4.79 Å². The Morgan fingerprint density at radius 2 is 2.17 bits per heavy atom. The van der Waals surface area contributed by atoms with Gasteiger partial charge in [-0.15, -0.1) is 0 Å². The van der Waals surface area contributed by atoms with Crippen LogP contribution in [0.4, 0.5) is 0 Å². The smallest absolute Gasteiger partial charge is 0.309 e. The summed E-state index contributed by atoms with van der Waals surface area (Å²) in [5.41, 5.74) is 1.29. The summed E-state index contributed by atoms with van der Waals surface area (Å²) >= 11 is 0. The molecule has 0 radical (unpaired) electrons. The first-order chi connectivity index (χ1) is 5.59. The van der Waals surface area contributed by atoms with Crippen LogP contribution < -0.4 is 0 Å². The number of allylic oxidation sites excluding steroid dienone is 1. The van der Waals surface area contributed by atoms with Gasteiger partial charge in [-0.2, -0.15) is 0 Å². The van der Waals surface area contributed by atoms with E-state index in [9.17, 15) is 4.79 Å². The Labute approximate surface area is 72.7 Å². The molecular weight excluding hydrogens is 154 g/mol. The average molecular weight is 169 g/mol. The minimum absolute atomic E-state index is 0.129. The highest BCUT2D eigenvalue weighted by molar-refractivity contribution is 5.71. The fraction of sp³-hybridized carbons (Fsp3) is 0.667. The zero-order chi connectivity index (χ0) is 9.14. The monoisotopic (exact) mass is 169 g/mol. The highest BCUT2D eigenvalue weighted by atomic mass is 16.4. The average Bonchev–Trinajstić information content (AvgIpc) is 1.82. The summed E-state index contributed by atoms with van der Waals surface area (Å²) in [5.74, 6) is -0.793. The molecule has 0 aromatic carbocycles. The Kier molecular flexibility index (Phi) is 2.87. The zero-order valence-corrected chi connectivity index (χ0v) is 7.58. The lowest BCUT2D eigenvalue weighted by molar-refractivity contribution is -0.147. The highest BCUT2D eigenvalue weighted by Crippen LogP contribution is 2.14. The summed E-state index contributed by atoms with van der Waals surface area (Å²) < 4.78 is 0. The van der Waals surface area contributed by atoms with E-state index in [1.165, 1.54) is 5.57 Å². The summed E-state index contributed by atoms with van der Waals surface area (Å²) in [6.07, 6.45) is 2.12. The molecule has 1 heterocycles. The first-order valence-electron chi connectivity index (χ1n) is 4.18. The van der Waals surface area contributed by atoms with Crippen molar-refractivity contribution < 1.29 is 9.90 Å². The molecule has 1 aliphatic rings. The van der Waals surface area contributed by atoms with E-state index in [2.05, 4.69) is 24.8 Å². The fourth-order valence-electron chi connectivity index (χ4n) is 1.19. The molecule has 3 heteroatoms. The van der Waals surface area contributed by atoms with Crippen molar-refractivity contribution in [3.05, 3.63) is 11.6 Å². The number of hydrogen-bond donors (Lipinski definition) is 1. The normalized spacial score (nSPS) is 18.5. The Morgan fingerprint density at radius 3 is 2.58 bits per heavy atom. The molecule has 1 fully saturated rings. The standard InChI is InChI=1S/C9H15NO2/c1-7(2)3-4-10-5-8(6-10)9(11)12/h3,8H,4-6H2,1-2H3,(H,11,12). The maximum Gasteiger partial charge on any atom is 0.309 e. The Hall–Kier alpha value is -0.830. The Balaban J connectivity index is 2.18. The van der Waals surface area contributed by atoms with Crippen LogP contribution in [0.1, 0.15) is 13.8 Å². The molecule has 1 saturated heterocycles. The van der Waals surface area contributed by atoms with Crippen LogP contribution in [0.2, 0.25) is 0 Å².